The second-order valence-electron chi connectivity index (χ2n) is 5.36. The third kappa shape index (κ3) is 6.99. The van der Waals surface area contributed by atoms with E-state index in [2.05, 4.69) is 0 Å². The van der Waals surface area contributed by atoms with E-state index in [-0.39, 0.29) is 23.4 Å². The fourth-order valence-corrected chi connectivity index (χ4v) is 3.09. The number of rotatable bonds is 6. The van der Waals surface area contributed by atoms with Gasteiger partial charge < -0.3 is 10.8 Å². The number of anilines is 1. The second kappa shape index (κ2) is 8.09. The Morgan fingerprint density at radius 3 is 2.24 bits per heavy atom. The molecule has 25 heavy (non-hydrogen) atoms. The van der Waals surface area contributed by atoms with E-state index in [4.69, 9.17) is 17.3 Å². The van der Waals surface area contributed by atoms with Crippen LogP contribution in [0.1, 0.15) is 24.5 Å². The summed E-state index contributed by atoms with van der Waals surface area (Å²) >= 11 is 6.11. The lowest BCUT2D eigenvalue weighted by Crippen LogP contribution is -2.29. The molecule has 142 valence electrons. The Morgan fingerprint density at radius 2 is 1.76 bits per heavy atom. The van der Waals surface area contributed by atoms with Crippen molar-refractivity contribution < 1.29 is 31.4 Å². The maximum atomic E-state index is 12.7. The van der Waals surface area contributed by atoms with Crippen LogP contribution >= 0.6 is 23.4 Å². The monoisotopic (exact) mass is 407 g/mol. The highest BCUT2D eigenvalue weighted by Crippen LogP contribution is 2.37. The first-order valence-electron chi connectivity index (χ1n) is 7.00. The Kier molecular flexibility index (Phi) is 7.12. The minimum absolute atomic E-state index is 0.114. The first-order chi connectivity index (χ1) is 11.3. The van der Waals surface area contributed by atoms with Crippen LogP contribution in [-0.2, 0) is 6.18 Å². The van der Waals surface area contributed by atoms with Crippen LogP contribution in [0.4, 0.5) is 32.0 Å². The molecule has 1 aromatic carbocycles. The molecule has 0 radical (unpaired) electrons. The summed E-state index contributed by atoms with van der Waals surface area (Å²) in [7, 11) is 0. The summed E-state index contributed by atoms with van der Waals surface area (Å²) in [5, 5.41) is 9.73. The average Bonchev–Trinajstić information content (AvgIpc) is 2.45. The van der Waals surface area contributed by atoms with E-state index >= 15 is 0 Å². The molecule has 1 unspecified atom stereocenters. The van der Waals surface area contributed by atoms with E-state index in [0.717, 1.165) is 6.07 Å². The van der Waals surface area contributed by atoms with Crippen LogP contribution < -0.4 is 5.73 Å². The summed E-state index contributed by atoms with van der Waals surface area (Å²) in [4.78, 5) is 0. The summed E-state index contributed by atoms with van der Waals surface area (Å²) in [5.74, 6) is -1.34. The zero-order valence-electron chi connectivity index (χ0n) is 13.0. The smallest absolute Gasteiger partial charge is 0.398 e. The van der Waals surface area contributed by atoms with Gasteiger partial charge in [-0.1, -0.05) is 30.7 Å². The van der Waals surface area contributed by atoms with Gasteiger partial charge in [-0.15, -0.1) is 11.8 Å². The number of hydrogen-bond acceptors (Lipinski definition) is 3. The number of nitrogens with two attached hydrogens (primary N) is 1. The van der Waals surface area contributed by atoms with Crippen LogP contribution in [-0.4, -0.2) is 28.4 Å². The van der Waals surface area contributed by atoms with Gasteiger partial charge >= 0.3 is 12.4 Å². The van der Waals surface area contributed by atoms with Crippen molar-refractivity contribution in [3.63, 3.8) is 0 Å². The Balaban J connectivity index is 2.96. The number of aliphatic hydroxyl groups is 1. The maximum Gasteiger partial charge on any atom is 0.417 e. The Bertz CT molecular complexity index is 632. The van der Waals surface area contributed by atoms with E-state index < -0.39 is 34.3 Å². The molecule has 2 nitrogen and oxygen atoms in total. The van der Waals surface area contributed by atoms with Crippen molar-refractivity contribution in [3.05, 3.63) is 34.4 Å². The van der Waals surface area contributed by atoms with Crippen LogP contribution in [0, 0.1) is 0 Å². The highest BCUT2D eigenvalue weighted by atomic mass is 35.5. The van der Waals surface area contributed by atoms with Crippen LogP contribution in [0.25, 0.3) is 6.08 Å². The summed E-state index contributed by atoms with van der Waals surface area (Å²) < 4.78 is 74.7. The first-order valence-corrected chi connectivity index (χ1v) is 8.53. The highest BCUT2D eigenvalue weighted by Gasteiger charge is 2.34. The quantitative estimate of drug-likeness (QED) is 0.491. The maximum absolute atomic E-state index is 12.7. The van der Waals surface area contributed by atoms with Crippen LogP contribution in [0.5, 0.6) is 0 Å². The van der Waals surface area contributed by atoms with Crippen molar-refractivity contribution in [2.45, 2.75) is 31.3 Å². The molecule has 0 aliphatic rings. The largest absolute Gasteiger partial charge is 0.417 e. The molecule has 0 aliphatic carbocycles. The fourth-order valence-electron chi connectivity index (χ4n) is 1.82. The number of benzene rings is 1. The van der Waals surface area contributed by atoms with E-state index in [1.807, 2.05) is 0 Å². The fraction of sp³-hybridized carbons (Fsp3) is 0.467. The number of nitrogen functional groups attached to an aromatic ring is 1. The van der Waals surface area contributed by atoms with Gasteiger partial charge in [0, 0.05) is 11.4 Å². The molecular weight excluding hydrogens is 392 g/mol. The van der Waals surface area contributed by atoms with Gasteiger partial charge in [0.2, 0.25) is 0 Å². The highest BCUT2D eigenvalue weighted by molar-refractivity contribution is 7.99. The van der Waals surface area contributed by atoms with Crippen molar-refractivity contribution in [2.24, 2.45) is 0 Å². The van der Waals surface area contributed by atoms with Gasteiger partial charge in [0.15, 0.2) is 0 Å². The summed E-state index contributed by atoms with van der Waals surface area (Å²) in [6.07, 6.45) is -6.44. The third-order valence-electron chi connectivity index (χ3n) is 3.28. The number of hydrogen-bond donors (Lipinski definition) is 2. The predicted molar refractivity (Wildman–Crippen MR) is 88.5 cm³/mol. The van der Waals surface area contributed by atoms with Gasteiger partial charge in [-0.05, 0) is 24.1 Å². The number of thioether (sulfide) groups is 1. The molecular formula is C15H16ClF6NOS. The standard InChI is InChI=1S/C15H16ClF6NOS/c1-2-13(24,7-25-8-14(17,18)19)4-3-9-5-11(16)10(6-12(9)23)15(20,21)22/h3-6,24H,2,7-8,23H2,1H3/b4-3+. The zero-order valence-corrected chi connectivity index (χ0v) is 14.6. The Hall–Kier alpha value is -1.06. The molecule has 0 aromatic heterocycles. The molecule has 0 fully saturated rings. The molecule has 0 aliphatic heterocycles. The Morgan fingerprint density at radius 1 is 1.16 bits per heavy atom. The van der Waals surface area contributed by atoms with E-state index in [1.54, 1.807) is 6.92 Å². The van der Waals surface area contributed by atoms with E-state index in [1.165, 1.54) is 12.2 Å². The molecule has 0 amide bonds. The number of halogens is 7. The van der Waals surface area contributed by atoms with Gasteiger partial charge in [-0.3, -0.25) is 0 Å². The van der Waals surface area contributed by atoms with Crippen molar-refractivity contribution in [1.82, 2.24) is 0 Å². The van der Waals surface area contributed by atoms with Gasteiger partial charge in [0.1, 0.15) is 0 Å². The zero-order chi connectivity index (χ0) is 19.5. The van der Waals surface area contributed by atoms with Crippen molar-refractivity contribution in [3.8, 4) is 0 Å². The molecule has 1 atom stereocenters. The minimum Gasteiger partial charge on any atom is -0.398 e. The molecule has 1 rings (SSSR count). The lowest BCUT2D eigenvalue weighted by atomic mass is 10.0. The molecule has 0 saturated heterocycles. The van der Waals surface area contributed by atoms with Crippen molar-refractivity contribution >= 4 is 35.1 Å². The Labute approximate surface area is 150 Å². The van der Waals surface area contributed by atoms with E-state index in [9.17, 15) is 31.4 Å². The predicted octanol–water partition coefficient (Wildman–Crippen LogP) is 5.39. The molecule has 0 saturated carbocycles. The normalized spacial score (nSPS) is 15.6. The molecule has 0 spiro atoms. The third-order valence-corrected chi connectivity index (χ3v) is 4.83. The number of alkyl halides is 6. The summed E-state index contributed by atoms with van der Waals surface area (Å²) in [6.45, 7) is 1.57. The minimum atomic E-state index is -4.66. The SMILES string of the molecule is CCC(O)(/C=C/c1cc(Cl)c(C(F)(F)F)cc1N)CSCC(F)(F)F. The van der Waals surface area contributed by atoms with Gasteiger partial charge in [0.25, 0.3) is 0 Å². The lowest BCUT2D eigenvalue weighted by molar-refractivity contribution is -0.137. The van der Waals surface area contributed by atoms with Crippen molar-refractivity contribution in [1.29, 1.82) is 0 Å². The summed E-state index contributed by atoms with van der Waals surface area (Å²) in [5.41, 5.74) is 2.84. The first kappa shape index (κ1) is 22.0. The summed E-state index contributed by atoms with van der Waals surface area (Å²) in [6, 6.07) is 1.67. The molecule has 1 aromatic rings. The van der Waals surface area contributed by atoms with Crippen LogP contribution in [0.15, 0.2) is 18.2 Å². The molecule has 0 heterocycles. The molecule has 10 heteroatoms. The van der Waals surface area contributed by atoms with Crippen molar-refractivity contribution in [2.75, 3.05) is 17.2 Å². The van der Waals surface area contributed by atoms with E-state index in [0.29, 0.717) is 17.8 Å². The van der Waals surface area contributed by atoms with Crippen LogP contribution in [0.3, 0.4) is 0 Å². The van der Waals surface area contributed by atoms with Gasteiger partial charge in [-0.25, -0.2) is 0 Å². The average molecular weight is 408 g/mol. The van der Waals surface area contributed by atoms with Gasteiger partial charge in [0.05, 0.1) is 21.9 Å². The lowest BCUT2D eigenvalue weighted by Gasteiger charge is -2.23. The van der Waals surface area contributed by atoms with Crippen LogP contribution in [0.2, 0.25) is 5.02 Å². The topological polar surface area (TPSA) is 46.2 Å². The molecule has 3 N–H and O–H groups in total. The second-order valence-corrected chi connectivity index (χ2v) is 6.75. The molecule has 0 bridgehead atoms. The van der Waals surface area contributed by atoms with Gasteiger partial charge in [-0.2, -0.15) is 26.3 Å².